The van der Waals surface area contributed by atoms with Gasteiger partial charge < -0.3 is 20.1 Å². The predicted octanol–water partition coefficient (Wildman–Crippen LogP) is 3.19. The molecule has 0 bridgehead atoms. The van der Waals surface area contributed by atoms with Gasteiger partial charge in [-0.05, 0) is 17.7 Å². The summed E-state index contributed by atoms with van der Waals surface area (Å²) >= 11 is 3.36. The first-order valence-electron chi connectivity index (χ1n) is 6.74. The smallest absolute Gasteiger partial charge is 0.408 e. The molecule has 0 spiro atoms. The fraction of sp³-hybridized carbons (Fsp3) is 0.357. The van der Waals surface area contributed by atoms with E-state index in [1.807, 2.05) is 5.32 Å². The Morgan fingerprint density at radius 2 is 1.91 bits per heavy atom. The summed E-state index contributed by atoms with van der Waals surface area (Å²) in [4.78, 5) is 11.4. The lowest BCUT2D eigenvalue weighted by molar-refractivity contribution is -0.157. The number of amides is 2. The maximum atomic E-state index is 12.8. The van der Waals surface area contributed by atoms with E-state index in [9.17, 15) is 18.0 Å². The van der Waals surface area contributed by atoms with E-state index >= 15 is 0 Å². The van der Waals surface area contributed by atoms with Crippen LogP contribution in [0.5, 0.6) is 11.5 Å². The van der Waals surface area contributed by atoms with Crippen LogP contribution in [-0.4, -0.2) is 31.1 Å². The second kappa shape index (κ2) is 5.95. The Bertz CT molecular complexity index is 663. The molecule has 124 valence electrons. The highest BCUT2D eigenvalue weighted by molar-refractivity contribution is 9.10. The van der Waals surface area contributed by atoms with Crippen molar-refractivity contribution in [2.24, 2.45) is 0 Å². The van der Waals surface area contributed by atoms with Crippen LogP contribution >= 0.6 is 15.9 Å². The molecule has 0 saturated carbocycles. The van der Waals surface area contributed by atoms with Crippen LogP contribution in [0, 0.1) is 0 Å². The summed E-state index contributed by atoms with van der Waals surface area (Å²) in [6.07, 6.45) is -1.58. The van der Waals surface area contributed by atoms with Gasteiger partial charge in [0.25, 0.3) is 0 Å². The number of nitrogens with one attached hydrogen (secondary N) is 2. The van der Waals surface area contributed by atoms with Crippen molar-refractivity contribution >= 4 is 28.0 Å². The zero-order chi connectivity index (χ0) is 16.6. The van der Waals surface area contributed by atoms with Crippen molar-refractivity contribution in [1.82, 2.24) is 10.6 Å². The zero-order valence-electron chi connectivity index (χ0n) is 11.6. The van der Waals surface area contributed by atoms with Crippen molar-refractivity contribution in [2.45, 2.75) is 24.7 Å². The Morgan fingerprint density at radius 3 is 2.61 bits per heavy atom. The maximum absolute atomic E-state index is 12.8. The van der Waals surface area contributed by atoms with E-state index in [1.165, 1.54) is 6.08 Å². The monoisotopic (exact) mass is 392 g/mol. The van der Waals surface area contributed by atoms with Gasteiger partial charge in [0.15, 0.2) is 11.5 Å². The number of hydrogen-bond acceptors (Lipinski definition) is 3. The van der Waals surface area contributed by atoms with Crippen molar-refractivity contribution in [2.75, 3.05) is 6.79 Å². The fourth-order valence-corrected chi connectivity index (χ4v) is 2.82. The number of alkyl halides is 3. The van der Waals surface area contributed by atoms with Gasteiger partial charge >= 0.3 is 12.2 Å². The molecule has 2 atom stereocenters. The van der Waals surface area contributed by atoms with Crippen LogP contribution in [0.3, 0.4) is 0 Å². The van der Waals surface area contributed by atoms with Crippen molar-refractivity contribution in [3.63, 3.8) is 0 Å². The topological polar surface area (TPSA) is 59.6 Å². The minimum Gasteiger partial charge on any atom is -0.454 e. The number of benzene rings is 1. The van der Waals surface area contributed by atoms with E-state index in [2.05, 4.69) is 21.2 Å². The molecule has 2 unspecified atom stereocenters. The molecular formula is C14H12BrF3N2O3. The predicted molar refractivity (Wildman–Crippen MR) is 79.2 cm³/mol. The molecule has 2 N–H and O–H groups in total. The molecular weight excluding hydrogens is 381 g/mol. The van der Waals surface area contributed by atoms with Crippen LogP contribution in [0.15, 0.2) is 22.7 Å². The summed E-state index contributed by atoms with van der Waals surface area (Å²) in [7, 11) is 0. The van der Waals surface area contributed by atoms with Gasteiger partial charge in [-0.2, -0.15) is 13.2 Å². The molecule has 9 heteroatoms. The van der Waals surface area contributed by atoms with Gasteiger partial charge in [-0.3, -0.25) is 0 Å². The summed E-state index contributed by atoms with van der Waals surface area (Å²) in [5, 5.41) is 4.33. The van der Waals surface area contributed by atoms with Gasteiger partial charge in [-0.1, -0.05) is 28.1 Å². The quantitative estimate of drug-likeness (QED) is 0.812. The molecule has 1 fully saturated rings. The molecule has 23 heavy (non-hydrogen) atoms. The molecule has 1 aromatic rings. The fourth-order valence-electron chi connectivity index (χ4n) is 2.36. The van der Waals surface area contributed by atoms with E-state index in [1.54, 1.807) is 18.2 Å². The Hall–Kier alpha value is -1.90. The Labute approximate surface area is 138 Å². The summed E-state index contributed by atoms with van der Waals surface area (Å²) in [5.41, 5.74) is 0.714. The van der Waals surface area contributed by atoms with Crippen LogP contribution in [-0.2, 0) is 0 Å². The first-order valence-corrected chi connectivity index (χ1v) is 7.53. The van der Waals surface area contributed by atoms with E-state index < -0.39 is 24.3 Å². The minimum absolute atomic E-state index is 0.132. The third-order valence-corrected chi connectivity index (χ3v) is 4.19. The van der Waals surface area contributed by atoms with Crippen molar-refractivity contribution < 1.29 is 27.4 Å². The van der Waals surface area contributed by atoms with Gasteiger partial charge in [0.05, 0.1) is 6.04 Å². The van der Waals surface area contributed by atoms with E-state index in [4.69, 9.17) is 9.47 Å². The molecule has 1 aromatic carbocycles. The molecule has 0 radical (unpaired) electrons. The van der Waals surface area contributed by atoms with Gasteiger partial charge in [-0.15, -0.1) is 0 Å². The number of hydrogen-bond donors (Lipinski definition) is 2. The number of ether oxygens (including phenoxy) is 2. The van der Waals surface area contributed by atoms with Gasteiger partial charge in [0.2, 0.25) is 6.79 Å². The van der Waals surface area contributed by atoms with Crippen molar-refractivity contribution in [1.29, 1.82) is 0 Å². The highest BCUT2D eigenvalue weighted by atomic mass is 79.9. The van der Waals surface area contributed by atoms with Gasteiger partial charge in [-0.25, -0.2) is 4.79 Å². The zero-order valence-corrected chi connectivity index (χ0v) is 13.2. The number of fused-ring (bicyclic) bond motifs is 1. The summed E-state index contributed by atoms with van der Waals surface area (Å²) in [5.74, 6) is 1.16. The Morgan fingerprint density at radius 1 is 1.22 bits per heavy atom. The number of carbonyl (C=O) groups excluding carboxylic acids is 1. The standard InChI is InChI=1S/C14H12BrF3N2O3/c15-9-5-11-10(22-6-23-11)3-7(9)1-2-8-4-12(14(16,17)18)20-13(21)19-8/h1-3,5,8,12H,4,6H2,(H2,19,20,21)/b2-1+. The second-order valence-electron chi connectivity index (χ2n) is 5.14. The molecule has 1 saturated heterocycles. The highest BCUT2D eigenvalue weighted by Gasteiger charge is 2.44. The SMILES string of the molecule is O=C1NC(/C=C/c2cc3c(cc2Br)OCO3)CC(C(F)(F)F)N1. The van der Waals surface area contributed by atoms with Crippen LogP contribution in [0.4, 0.5) is 18.0 Å². The highest BCUT2D eigenvalue weighted by Crippen LogP contribution is 2.37. The number of rotatable bonds is 2. The van der Waals surface area contributed by atoms with E-state index in [0.717, 1.165) is 0 Å². The second-order valence-corrected chi connectivity index (χ2v) is 5.99. The average molecular weight is 393 g/mol. The first-order chi connectivity index (χ1) is 10.8. The maximum Gasteiger partial charge on any atom is 0.408 e. The minimum atomic E-state index is -4.47. The molecule has 2 heterocycles. The number of halogens is 4. The third-order valence-electron chi connectivity index (χ3n) is 3.51. The molecule has 2 amide bonds. The summed E-state index contributed by atoms with van der Waals surface area (Å²) in [6, 6.07) is 0.0333. The Kier molecular flexibility index (Phi) is 4.13. The molecule has 5 nitrogen and oxygen atoms in total. The van der Waals surface area contributed by atoms with Crippen molar-refractivity contribution in [3.8, 4) is 11.5 Å². The lowest BCUT2D eigenvalue weighted by atomic mass is 10.0. The van der Waals surface area contributed by atoms with Gasteiger partial charge in [0, 0.05) is 10.9 Å². The summed E-state index contributed by atoms with van der Waals surface area (Å²) in [6.45, 7) is 0.132. The average Bonchev–Trinajstić information content (AvgIpc) is 2.90. The van der Waals surface area contributed by atoms with Gasteiger partial charge in [0.1, 0.15) is 6.04 Å². The largest absolute Gasteiger partial charge is 0.454 e. The number of urea groups is 1. The van der Waals surface area contributed by atoms with Crippen LogP contribution in [0.1, 0.15) is 12.0 Å². The molecule has 2 aliphatic rings. The third kappa shape index (κ3) is 3.54. The lowest BCUT2D eigenvalue weighted by Gasteiger charge is -2.30. The van der Waals surface area contributed by atoms with Crippen LogP contribution in [0.25, 0.3) is 6.08 Å². The Balaban J connectivity index is 1.76. The number of carbonyl (C=O) groups is 1. The molecule has 3 rings (SSSR count). The first kappa shape index (κ1) is 16.0. The van der Waals surface area contributed by atoms with Crippen LogP contribution in [0.2, 0.25) is 0 Å². The van der Waals surface area contributed by atoms with Crippen LogP contribution < -0.4 is 20.1 Å². The van der Waals surface area contributed by atoms with Crippen molar-refractivity contribution in [3.05, 3.63) is 28.2 Å². The normalized spacial score (nSPS) is 23.7. The molecule has 0 aliphatic carbocycles. The summed E-state index contributed by atoms with van der Waals surface area (Å²) < 4.78 is 49.5. The molecule has 2 aliphatic heterocycles. The van der Waals surface area contributed by atoms with E-state index in [-0.39, 0.29) is 13.2 Å². The lowest BCUT2D eigenvalue weighted by Crippen LogP contribution is -2.58. The van der Waals surface area contributed by atoms with E-state index in [0.29, 0.717) is 21.5 Å². The molecule has 0 aromatic heterocycles.